The average molecular weight is 223 g/mol. The van der Waals surface area contributed by atoms with Crippen LogP contribution in [0.1, 0.15) is 25.8 Å². The summed E-state index contributed by atoms with van der Waals surface area (Å²) in [6.07, 6.45) is 2.35. The van der Waals surface area contributed by atoms with Crippen molar-refractivity contribution in [2.75, 3.05) is 5.73 Å². The van der Waals surface area contributed by atoms with Crippen molar-refractivity contribution >= 4 is 11.9 Å². The second-order valence-corrected chi connectivity index (χ2v) is 4.27. The van der Waals surface area contributed by atoms with Gasteiger partial charge < -0.3 is 16.2 Å². The maximum Gasteiger partial charge on any atom is 0.405 e. The molecule has 4 N–H and O–H groups in total. The Labute approximate surface area is 94.8 Å². The highest BCUT2D eigenvalue weighted by molar-refractivity contribution is 5.65. The lowest BCUT2D eigenvalue weighted by atomic mass is 9.99. The number of carbonyl (C=O) groups excluding carboxylic acids is 1. The van der Waals surface area contributed by atoms with Gasteiger partial charge in [-0.05, 0) is 44.4 Å². The molecule has 1 heterocycles. The van der Waals surface area contributed by atoms with Gasteiger partial charge in [-0.25, -0.2) is 9.78 Å². The van der Waals surface area contributed by atoms with E-state index in [1.165, 1.54) is 0 Å². The minimum atomic E-state index is -0.751. The van der Waals surface area contributed by atoms with Crippen molar-refractivity contribution in [2.24, 2.45) is 5.73 Å². The van der Waals surface area contributed by atoms with Crippen LogP contribution in [0.2, 0.25) is 0 Å². The number of anilines is 1. The molecule has 0 radical (unpaired) electrons. The Morgan fingerprint density at radius 2 is 2.25 bits per heavy atom. The summed E-state index contributed by atoms with van der Waals surface area (Å²) in [6, 6.07) is 3.69. The van der Waals surface area contributed by atoms with Crippen molar-refractivity contribution in [3.8, 4) is 0 Å². The Hall–Kier alpha value is -1.78. The number of nitrogen functional groups attached to an aromatic ring is 1. The smallest absolute Gasteiger partial charge is 0.405 e. The molecule has 0 atom stereocenters. The molecule has 1 aromatic rings. The summed E-state index contributed by atoms with van der Waals surface area (Å²) in [4.78, 5) is 14.6. The van der Waals surface area contributed by atoms with Crippen molar-refractivity contribution < 1.29 is 9.53 Å². The zero-order valence-corrected chi connectivity index (χ0v) is 9.56. The van der Waals surface area contributed by atoms with E-state index in [1.807, 2.05) is 19.9 Å². The second kappa shape index (κ2) is 4.83. The van der Waals surface area contributed by atoms with Crippen molar-refractivity contribution in [1.82, 2.24) is 4.98 Å². The predicted octanol–water partition coefficient (Wildman–Crippen LogP) is 1.47. The maximum atomic E-state index is 10.7. The van der Waals surface area contributed by atoms with Gasteiger partial charge >= 0.3 is 6.09 Å². The molecule has 0 aliphatic heterocycles. The van der Waals surface area contributed by atoms with Gasteiger partial charge in [0.25, 0.3) is 0 Å². The van der Waals surface area contributed by atoms with Crippen LogP contribution in [-0.2, 0) is 11.2 Å². The third-order valence-electron chi connectivity index (χ3n) is 2.24. The van der Waals surface area contributed by atoms with Crippen LogP contribution in [0.15, 0.2) is 18.3 Å². The molecule has 0 aromatic carbocycles. The minimum Gasteiger partial charge on any atom is -0.444 e. The molecular formula is C11H17N3O2. The molecule has 0 bridgehead atoms. The van der Waals surface area contributed by atoms with E-state index in [0.717, 1.165) is 12.0 Å². The van der Waals surface area contributed by atoms with E-state index in [4.69, 9.17) is 16.2 Å². The molecule has 0 aliphatic carbocycles. The van der Waals surface area contributed by atoms with Crippen LogP contribution in [0.25, 0.3) is 0 Å². The Balaban J connectivity index is 2.54. The summed E-state index contributed by atoms with van der Waals surface area (Å²) >= 11 is 0. The third-order valence-corrected chi connectivity index (χ3v) is 2.24. The van der Waals surface area contributed by atoms with E-state index >= 15 is 0 Å². The number of hydrogen-bond donors (Lipinski definition) is 2. The zero-order valence-electron chi connectivity index (χ0n) is 9.56. The van der Waals surface area contributed by atoms with Crippen LogP contribution >= 0.6 is 0 Å². The number of primary amides is 1. The lowest BCUT2D eigenvalue weighted by Gasteiger charge is -2.23. The van der Waals surface area contributed by atoms with Gasteiger partial charge in [0.1, 0.15) is 11.4 Å². The molecule has 1 rings (SSSR count). The number of nitrogens with zero attached hydrogens (tertiary/aromatic N) is 1. The number of hydrogen-bond acceptors (Lipinski definition) is 4. The standard InChI is InChI=1S/C11H17N3O2/c1-11(2,16-10(13)15)5-3-8-4-6-14-9(12)7-8/h4,6-7H,3,5H2,1-2H3,(H2,12,14)(H2,13,15). The van der Waals surface area contributed by atoms with Gasteiger partial charge in [0.2, 0.25) is 0 Å². The maximum absolute atomic E-state index is 10.7. The fourth-order valence-electron chi connectivity index (χ4n) is 1.42. The van der Waals surface area contributed by atoms with Crippen molar-refractivity contribution in [3.05, 3.63) is 23.9 Å². The van der Waals surface area contributed by atoms with Crippen molar-refractivity contribution in [3.63, 3.8) is 0 Å². The predicted molar refractivity (Wildman–Crippen MR) is 61.7 cm³/mol. The summed E-state index contributed by atoms with van der Waals surface area (Å²) in [7, 11) is 0. The number of ether oxygens (including phenoxy) is 1. The first-order chi connectivity index (χ1) is 7.39. The van der Waals surface area contributed by atoms with Crippen LogP contribution in [0.3, 0.4) is 0 Å². The van der Waals surface area contributed by atoms with E-state index in [-0.39, 0.29) is 0 Å². The molecule has 88 valence electrons. The molecule has 0 spiro atoms. The number of aryl methyl sites for hydroxylation is 1. The van der Waals surface area contributed by atoms with E-state index in [0.29, 0.717) is 12.2 Å². The van der Waals surface area contributed by atoms with E-state index in [1.54, 1.807) is 12.3 Å². The van der Waals surface area contributed by atoms with Gasteiger partial charge in [0.05, 0.1) is 0 Å². The monoisotopic (exact) mass is 223 g/mol. The van der Waals surface area contributed by atoms with Crippen LogP contribution in [0, 0.1) is 0 Å². The zero-order chi connectivity index (χ0) is 12.2. The first-order valence-electron chi connectivity index (χ1n) is 5.08. The average Bonchev–Trinajstić information content (AvgIpc) is 2.13. The summed E-state index contributed by atoms with van der Waals surface area (Å²) in [6.45, 7) is 3.64. The van der Waals surface area contributed by atoms with Gasteiger partial charge in [-0.15, -0.1) is 0 Å². The van der Waals surface area contributed by atoms with Gasteiger partial charge in [-0.1, -0.05) is 0 Å². The van der Waals surface area contributed by atoms with E-state index < -0.39 is 11.7 Å². The molecule has 1 amide bonds. The SMILES string of the molecule is CC(C)(CCc1ccnc(N)c1)OC(N)=O. The molecule has 0 fully saturated rings. The second-order valence-electron chi connectivity index (χ2n) is 4.27. The number of rotatable bonds is 4. The molecule has 16 heavy (non-hydrogen) atoms. The number of pyridine rings is 1. The first-order valence-corrected chi connectivity index (χ1v) is 5.08. The highest BCUT2D eigenvalue weighted by Gasteiger charge is 2.21. The number of amides is 1. The lowest BCUT2D eigenvalue weighted by molar-refractivity contribution is 0.0394. The van der Waals surface area contributed by atoms with Gasteiger partial charge in [0.15, 0.2) is 0 Å². The summed E-state index contributed by atoms with van der Waals surface area (Å²) in [5.41, 5.74) is 11.0. The molecule has 5 heteroatoms. The summed E-state index contributed by atoms with van der Waals surface area (Å²) < 4.78 is 4.98. The Bertz CT molecular complexity index is 377. The fraction of sp³-hybridized carbons (Fsp3) is 0.455. The highest BCUT2D eigenvalue weighted by atomic mass is 16.6. The Morgan fingerprint density at radius 3 is 2.81 bits per heavy atom. The summed E-state index contributed by atoms with van der Waals surface area (Å²) in [5.74, 6) is 0.492. The van der Waals surface area contributed by atoms with Crippen molar-refractivity contribution in [1.29, 1.82) is 0 Å². The topological polar surface area (TPSA) is 91.2 Å². The molecule has 0 saturated carbocycles. The number of nitrogens with two attached hydrogens (primary N) is 2. The van der Waals surface area contributed by atoms with Crippen LogP contribution < -0.4 is 11.5 Å². The van der Waals surface area contributed by atoms with E-state index in [9.17, 15) is 4.79 Å². The number of carbonyl (C=O) groups is 1. The molecule has 0 saturated heterocycles. The molecule has 5 nitrogen and oxygen atoms in total. The van der Waals surface area contributed by atoms with Gasteiger partial charge in [-0.3, -0.25) is 0 Å². The Morgan fingerprint density at radius 1 is 1.56 bits per heavy atom. The van der Waals surface area contributed by atoms with Crippen LogP contribution in [-0.4, -0.2) is 16.7 Å². The molecular weight excluding hydrogens is 206 g/mol. The van der Waals surface area contributed by atoms with Crippen LogP contribution in [0.4, 0.5) is 10.6 Å². The molecule has 0 aliphatic rings. The van der Waals surface area contributed by atoms with E-state index in [2.05, 4.69) is 4.98 Å². The van der Waals surface area contributed by atoms with Crippen molar-refractivity contribution in [2.45, 2.75) is 32.3 Å². The minimum absolute atomic E-state index is 0.492. The van der Waals surface area contributed by atoms with Gasteiger partial charge in [-0.2, -0.15) is 0 Å². The first kappa shape index (κ1) is 12.3. The molecule has 0 unspecified atom stereocenters. The Kier molecular flexibility index (Phi) is 3.71. The lowest BCUT2D eigenvalue weighted by Crippen LogP contribution is -2.31. The third kappa shape index (κ3) is 4.16. The summed E-state index contributed by atoms with van der Waals surface area (Å²) in [5, 5.41) is 0. The fourth-order valence-corrected chi connectivity index (χ4v) is 1.42. The quantitative estimate of drug-likeness (QED) is 0.808. The number of aromatic nitrogens is 1. The molecule has 1 aromatic heterocycles. The normalized spacial score (nSPS) is 11.1. The highest BCUT2D eigenvalue weighted by Crippen LogP contribution is 2.18. The van der Waals surface area contributed by atoms with Gasteiger partial charge in [0, 0.05) is 6.20 Å². The van der Waals surface area contributed by atoms with Crippen LogP contribution in [0.5, 0.6) is 0 Å². The largest absolute Gasteiger partial charge is 0.444 e.